The molecule has 1 aromatic carbocycles. The molecule has 1 aliphatic rings. The summed E-state index contributed by atoms with van der Waals surface area (Å²) in [6.45, 7) is 0. The number of H-pyrrole nitrogens is 1. The van der Waals surface area contributed by atoms with Gasteiger partial charge in [-0.05, 0) is 25.5 Å². The third-order valence-electron chi connectivity index (χ3n) is 4.11. The van der Waals surface area contributed by atoms with E-state index in [1.54, 1.807) is 0 Å². The number of hydrogen-bond donors (Lipinski definition) is 2. The van der Waals surface area contributed by atoms with Gasteiger partial charge in [0, 0.05) is 30.3 Å². The third kappa shape index (κ3) is 1.95. The molecule has 18 heavy (non-hydrogen) atoms. The van der Waals surface area contributed by atoms with E-state index < -0.39 is 0 Å². The number of benzene rings is 1. The van der Waals surface area contributed by atoms with Gasteiger partial charge in [0.15, 0.2) is 0 Å². The van der Waals surface area contributed by atoms with Gasteiger partial charge < -0.3 is 10.3 Å². The highest BCUT2D eigenvalue weighted by Gasteiger charge is 2.50. The molecule has 3 heteroatoms. The Morgan fingerprint density at radius 3 is 2.67 bits per heavy atom. The summed E-state index contributed by atoms with van der Waals surface area (Å²) >= 11 is 0. The van der Waals surface area contributed by atoms with Gasteiger partial charge in [0.2, 0.25) is 0 Å². The van der Waals surface area contributed by atoms with Gasteiger partial charge in [-0.2, -0.15) is 0 Å². The molecule has 0 spiro atoms. The van der Waals surface area contributed by atoms with E-state index in [1.807, 2.05) is 12.4 Å². The van der Waals surface area contributed by atoms with Crippen molar-refractivity contribution < 1.29 is 0 Å². The SMILES string of the molecule is CNC(Cc1ncc[nH]1)C1(c2ccccc2)CC1. The van der Waals surface area contributed by atoms with Gasteiger partial charge in [-0.15, -0.1) is 0 Å². The van der Waals surface area contributed by atoms with Gasteiger partial charge in [-0.1, -0.05) is 30.3 Å². The lowest BCUT2D eigenvalue weighted by atomic mass is 9.86. The number of nitrogens with one attached hydrogen (secondary N) is 2. The van der Waals surface area contributed by atoms with E-state index in [2.05, 4.69) is 52.7 Å². The molecule has 0 bridgehead atoms. The van der Waals surface area contributed by atoms with Crippen LogP contribution >= 0.6 is 0 Å². The number of aromatic amines is 1. The van der Waals surface area contributed by atoms with E-state index in [9.17, 15) is 0 Å². The standard InChI is InChI=1S/C15H19N3/c1-16-13(11-14-17-9-10-18-14)15(7-8-15)12-5-3-2-4-6-12/h2-6,9-10,13,16H,7-8,11H2,1H3,(H,17,18). The fraction of sp³-hybridized carbons (Fsp3) is 0.400. The molecule has 1 aromatic heterocycles. The van der Waals surface area contributed by atoms with Gasteiger partial charge in [0.1, 0.15) is 5.82 Å². The fourth-order valence-corrected chi connectivity index (χ4v) is 2.92. The lowest BCUT2D eigenvalue weighted by molar-refractivity contribution is 0.436. The summed E-state index contributed by atoms with van der Waals surface area (Å²) in [7, 11) is 2.05. The molecule has 1 heterocycles. The molecule has 3 nitrogen and oxygen atoms in total. The summed E-state index contributed by atoms with van der Waals surface area (Å²) in [5.74, 6) is 1.07. The summed E-state index contributed by atoms with van der Waals surface area (Å²) in [6.07, 6.45) is 7.21. The summed E-state index contributed by atoms with van der Waals surface area (Å²) in [4.78, 5) is 7.55. The highest BCUT2D eigenvalue weighted by atomic mass is 15.0. The Balaban J connectivity index is 1.83. The predicted molar refractivity (Wildman–Crippen MR) is 72.5 cm³/mol. The maximum absolute atomic E-state index is 4.34. The first-order valence-corrected chi connectivity index (χ1v) is 6.56. The van der Waals surface area contributed by atoms with Crippen LogP contribution in [0, 0.1) is 0 Å². The van der Waals surface area contributed by atoms with Crippen molar-refractivity contribution in [3.8, 4) is 0 Å². The number of imidazole rings is 1. The molecule has 0 amide bonds. The Morgan fingerprint density at radius 2 is 2.11 bits per heavy atom. The van der Waals surface area contributed by atoms with E-state index in [-0.39, 0.29) is 0 Å². The van der Waals surface area contributed by atoms with Crippen LogP contribution in [0.2, 0.25) is 0 Å². The molecule has 1 unspecified atom stereocenters. The van der Waals surface area contributed by atoms with E-state index >= 15 is 0 Å². The van der Waals surface area contributed by atoms with Gasteiger partial charge >= 0.3 is 0 Å². The van der Waals surface area contributed by atoms with Crippen LogP contribution in [0.5, 0.6) is 0 Å². The van der Waals surface area contributed by atoms with Crippen molar-refractivity contribution in [3.05, 3.63) is 54.1 Å². The largest absolute Gasteiger partial charge is 0.349 e. The Labute approximate surface area is 108 Å². The maximum Gasteiger partial charge on any atom is 0.107 e. The minimum absolute atomic E-state index is 0.308. The minimum Gasteiger partial charge on any atom is -0.349 e. The van der Waals surface area contributed by atoms with Crippen molar-refractivity contribution in [2.45, 2.75) is 30.7 Å². The fourth-order valence-electron chi connectivity index (χ4n) is 2.92. The highest BCUT2D eigenvalue weighted by Crippen LogP contribution is 2.51. The number of aromatic nitrogens is 2. The van der Waals surface area contributed by atoms with Crippen molar-refractivity contribution in [1.29, 1.82) is 0 Å². The van der Waals surface area contributed by atoms with Crippen LogP contribution in [-0.4, -0.2) is 23.1 Å². The van der Waals surface area contributed by atoms with Crippen molar-refractivity contribution in [2.75, 3.05) is 7.05 Å². The van der Waals surface area contributed by atoms with E-state index in [4.69, 9.17) is 0 Å². The molecule has 1 saturated carbocycles. The molecule has 0 radical (unpaired) electrons. The Hall–Kier alpha value is -1.61. The Kier molecular flexibility index (Phi) is 2.92. The highest BCUT2D eigenvalue weighted by molar-refractivity contribution is 5.34. The second-order valence-corrected chi connectivity index (χ2v) is 5.10. The zero-order valence-corrected chi connectivity index (χ0v) is 10.7. The number of nitrogens with zero attached hydrogens (tertiary/aromatic N) is 1. The smallest absolute Gasteiger partial charge is 0.107 e. The third-order valence-corrected chi connectivity index (χ3v) is 4.11. The second-order valence-electron chi connectivity index (χ2n) is 5.10. The Bertz CT molecular complexity index is 486. The number of likely N-dealkylation sites (N-methyl/N-ethyl adjacent to an activating group) is 1. The first-order chi connectivity index (χ1) is 8.85. The topological polar surface area (TPSA) is 40.7 Å². The maximum atomic E-state index is 4.34. The molecular formula is C15H19N3. The number of hydrogen-bond acceptors (Lipinski definition) is 2. The molecule has 1 fully saturated rings. The summed E-state index contributed by atoms with van der Waals surface area (Å²) < 4.78 is 0. The van der Waals surface area contributed by atoms with Crippen LogP contribution < -0.4 is 5.32 Å². The zero-order valence-electron chi connectivity index (χ0n) is 10.7. The molecule has 2 aromatic rings. The Morgan fingerprint density at radius 1 is 1.33 bits per heavy atom. The van der Waals surface area contributed by atoms with Crippen molar-refractivity contribution in [1.82, 2.24) is 15.3 Å². The van der Waals surface area contributed by atoms with Crippen LogP contribution in [0.3, 0.4) is 0 Å². The minimum atomic E-state index is 0.308. The predicted octanol–water partition coefficient (Wildman–Crippen LogP) is 2.27. The van der Waals surface area contributed by atoms with Crippen LogP contribution in [0.25, 0.3) is 0 Å². The first-order valence-electron chi connectivity index (χ1n) is 6.56. The monoisotopic (exact) mass is 241 g/mol. The summed E-state index contributed by atoms with van der Waals surface area (Å²) in [5.41, 5.74) is 1.76. The van der Waals surface area contributed by atoms with E-state index in [0.717, 1.165) is 12.2 Å². The van der Waals surface area contributed by atoms with Gasteiger partial charge in [-0.25, -0.2) is 4.98 Å². The van der Waals surface area contributed by atoms with Gasteiger partial charge in [-0.3, -0.25) is 0 Å². The molecule has 1 atom stereocenters. The second kappa shape index (κ2) is 4.58. The lowest BCUT2D eigenvalue weighted by Gasteiger charge is -2.26. The molecule has 0 saturated heterocycles. The van der Waals surface area contributed by atoms with E-state index in [1.165, 1.54) is 18.4 Å². The van der Waals surface area contributed by atoms with Gasteiger partial charge in [0.25, 0.3) is 0 Å². The zero-order chi connectivity index (χ0) is 12.4. The van der Waals surface area contributed by atoms with Crippen LogP contribution in [-0.2, 0) is 11.8 Å². The average Bonchev–Trinajstić information content (AvgIpc) is 3.07. The van der Waals surface area contributed by atoms with Crippen molar-refractivity contribution in [2.24, 2.45) is 0 Å². The molecule has 94 valence electrons. The molecule has 2 N–H and O–H groups in total. The molecule has 3 rings (SSSR count). The quantitative estimate of drug-likeness (QED) is 0.843. The van der Waals surface area contributed by atoms with Crippen LogP contribution in [0.15, 0.2) is 42.7 Å². The number of rotatable bonds is 5. The summed E-state index contributed by atoms with van der Waals surface area (Å²) in [5, 5.41) is 3.48. The molecule has 1 aliphatic carbocycles. The van der Waals surface area contributed by atoms with Gasteiger partial charge in [0.05, 0.1) is 0 Å². The summed E-state index contributed by atoms with van der Waals surface area (Å²) in [6, 6.07) is 11.3. The normalized spacial score (nSPS) is 18.5. The first kappa shape index (κ1) is 11.5. The van der Waals surface area contributed by atoms with Crippen molar-refractivity contribution >= 4 is 0 Å². The van der Waals surface area contributed by atoms with Crippen molar-refractivity contribution in [3.63, 3.8) is 0 Å². The molecule has 0 aliphatic heterocycles. The van der Waals surface area contributed by atoms with E-state index in [0.29, 0.717) is 11.5 Å². The van der Waals surface area contributed by atoms with Crippen LogP contribution in [0.4, 0.5) is 0 Å². The lowest BCUT2D eigenvalue weighted by Crippen LogP contribution is -2.39. The van der Waals surface area contributed by atoms with Crippen LogP contribution in [0.1, 0.15) is 24.2 Å². The molecular weight excluding hydrogens is 222 g/mol. The average molecular weight is 241 g/mol.